The molecule has 6 aromatic rings. The van der Waals surface area contributed by atoms with Crippen LogP contribution < -0.4 is 39.3 Å². The van der Waals surface area contributed by atoms with E-state index in [1.54, 1.807) is 30.3 Å². The molecule has 8 rings (SSSR count). The van der Waals surface area contributed by atoms with E-state index < -0.39 is 5.97 Å². The van der Waals surface area contributed by atoms with E-state index in [1.165, 1.54) is 19.8 Å². The van der Waals surface area contributed by atoms with Crippen LogP contribution in [-0.2, 0) is 14.2 Å². The Labute approximate surface area is 340 Å². The molecule has 0 radical (unpaired) electrons. The fourth-order valence-electron chi connectivity index (χ4n) is 6.13. The second kappa shape index (κ2) is 19.3. The van der Waals surface area contributed by atoms with Crippen LogP contribution in [0, 0.1) is 13.8 Å². The van der Waals surface area contributed by atoms with Crippen LogP contribution in [0.5, 0.6) is 0 Å². The van der Waals surface area contributed by atoms with Crippen LogP contribution in [0.3, 0.4) is 0 Å². The van der Waals surface area contributed by atoms with Crippen molar-refractivity contribution in [1.29, 1.82) is 0 Å². The molecule has 0 aliphatic carbocycles. The average molecular weight is 769 g/mol. The van der Waals surface area contributed by atoms with E-state index in [9.17, 15) is 14.7 Å². The van der Waals surface area contributed by atoms with Gasteiger partial charge in [-0.25, -0.2) is 39.5 Å². The van der Waals surface area contributed by atoms with Crippen molar-refractivity contribution in [3.63, 3.8) is 0 Å². The Kier molecular flexibility index (Phi) is 14.3. The summed E-state index contributed by atoms with van der Waals surface area (Å²) < 4.78 is 15.6. The molecule has 2 saturated heterocycles. The van der Waals surface area contributed by atoms with Crippen molar-refractivity contribution in [2.24, 2.45) is 0 Å². The predicted molar refractivity (Wildman–Crippen MR) is 210 cm³/mol. The number of nitrogens with zero attached hydrogens (tertiary/aromatic N) is 8. The molecule has 4 N–H and O–H groups in total. The molecule has 2 aromatic carbocycles. The number of hydrogen-bond acceptors (Lipinski definition) is 16. The van der Waals surface area contributed by atoms with Crippen molar-refractivity contribution in [3.05, 3.63) is 95.6 Å². The molecule has 2 aliphatic heterocycles. The number of nitrogens with one attached hydrogen (secondary N) is 2. The smallest absolute Gasteiger partial charge is 0.870 e. The number of hydrogen-bond donors (Lipinski definition) is 3. The summed E-state index contributed by atoms with van der Waals surface area (Å²) in [7, 11) is 1.37. The van der Waals surface area contributed by atoms with Gasteiger partial charge in [0.25, 0.3) is 0 Å². The van der Waals surface area contributed by atoms with Gasteiger partial charge in [-0.3, -0.25) is 0 Å². The van der Waals surface area contributed by atoms with Crippen molar-refractivity contribution in [2.75, 3.05) is 80.1 Å². The number of carbonyl (C=O) groups is 2. The summed E-state index contributed by atoms with van der Waals surface area (Å²) in [5.41, 5.74) is 6.79. The molecule has 290 valence electrons. The van der Waals surface area contributed by atoms with Gasteiger partial charge in [0.2, 0.25) is 0 Å². The van der Waals surface area contributed by atoms with E-state index in [1.807, 2.05) is 44.2 Å². The largest absolute Gasteiger partial charge is 1.00 e. The number of carboxylic acid groups (broad SMARTS) is 1. The maximum Gasteiger partial charge on any atom is 1.00 e. The fraction of sp³-hybridized carbons (Fsp3) is 0.282. The summed E-state index contributed by atoms with van der Waals surface area (Å²) in [6.07, 6.45) is 2.97. The summed E-state index contributed by atoms with van der Waals surface area (Å²) in [5.74, 6) is 1.49. The Balaban J connectivity index is 0.000000210. The van der Waals surface area contributed by atoms with Gasteiger partial charge >= 0.3 is 30.8 Å². The van der Waals surface area contributed by atoms with Gasteiger partial charge in [0.15, 0.2) is 11.6 Å². The number of esters is 1. The molecule has 57 heavy (non-hydrogen) atoms. The Morgan fingerprint density at radius 1 is 0.667 bits per heavy atom. The number of aromatic nitrogens is 6. The van der Waals surface area contributed by atoms with E-state index in [4.69, 9.17) is 24.2 Å². The number of benzene rings is 2. The minimum Gasteiger partial charge on any atom is -0.870 e. The Bertz CT molecular complexity index is 2360. The summed E-state index contributed by atoms with van der Waals surface area (Å²) in [6.45, 7) is 9.77. The maximum atomic E-state index is 11.9. The normalized spacial score (nSPS) is 13.7. The van der Waals surface area contributed by atoms with E-state index in [2.05, 4.69) is 40.4 Å². The van der Waals surface area contributed by atoms with E-state index >= 15 is 0 Å². The first kappa shape index (κ1) is 42.2. The molecular formula is C39H41LiN10O7. The minimum atomic E-state index is -0.974. The monoisotopic (exact) mass is 768 g/mol. The first-order valence-electron chi connectivity index (χ1n) is 17.7. The van der Waals surface area contributed by atoms with Crippen LogP contribution in [0.2, 0.25) is 0 Å². The Morgan fingerprint density at radius 3 is 1.54 bits per heavy atom. The number of anilines is 6. The molecule has 0 atom stereocenters. The van der Waals surface area contributed by atoms with Gasteiger partial charge in [-0.2, -0.15) is 0 Å². The fourth-order valence-corrected chi connectivity index (χ4v) is 6.13. The van der Waals surface area contributed by atoms with Gasteiger partial charge in [0, 0.05) is 37.6 Å². The van der Waals surface area contributed by atoms with Crippen LogP contribution >= 0.6 is 0 Å². The van der Waals surface area contributed by atoms with E-state index in [0.717, 1.165) is 65.7 Å². The molecule has 17 nitrogen and oxygen atoms in total. The Morgan fingerprint density at radius 2 is 1.11 bits per heavy atom. The van der Waals surface area contributed by atoms with Gasteiger partial charge < -0.3 is 45.2 Å². The van der Waals surface area contributed by atoms with Crippen LogP contribution in [0.15, 0.2) is 73.3 Å². The second-order valence-electron chi connectivity index (χ2n) is 12.8. The Hall–Kier alpha value is -5.96. The number of ether oxygens (including phenoxy) is 3. The minimum absolute atomic E-state index is 0. The second-order valence-corrected chi connectivity index (χ2v) is 12.8. The quantitative estimate of drug-likeness (QED) is 0.149. The summed E-state index contributed by atoms with van der Waals surface area (Å²) >= 11 is 0. The molecular weight excluding hydrogens is 727 g/mol. The summed E-state index contributed by atoms with van der Waals surface area (Å²) in [4.78, 5) is 54.3. The van der Waals surface area contributed by atoms with Crippen LogP contribution in [0.1, 0.15) is 31.8 Å². The van der Waals surface area contributed by atoms with Crippen LogP contribution in [-0.4, -0.2) is 112 Å². The number of carboxylic acids is 1. The van der Waals surface area contributed by atoms with Crippen LogP contribution in [0.25, 0.3) is 22.1 Å². The topological polar surface area (TPSA) is 220 Å². The zero-order chi connectivity index (χ0) is 38.3. The van der Waals surface area contributed by atoms with Crippen LogP contribution in [0.4, 0.5) is 34.6 Å². The zero-order valence-corrected chi connectivity index (χ0v) is 32.1. The van der Waals surface area contributed by atoms with Gasteiger partial charge in [-0.05, 0) is 73.5 Å². The average Bonchev–Trinajstić information content (AvgIpc) is 3.23. The number of carbonyl (C=O) groups excluding carboxylic acids is 1. The summed E-state index contributed by atoms with van der Waals surface area (Å²) in [6, 6.07) is 18.1. The van der Waals surface area contributed by atoms with Gasteiger partial charge in [0.05, 0.1) is 55.7 Å². The zero-order valence-electron chi connectivity index (χ0n) is 32.1. The number of morpholine rings is 2. The molecule has 2 fully saturated rings. The third kappa shape index (κ3) is 9.89. The molecule has 0 unspecified atom stereocenters. The van der Waals surface area contributed by atoms with Crippen molar-refractivity contribution in [1.82, 2.24) is 29.9 Å². The van der Waals surface area contributed by atoms with Gasteiger partial charge in [-0.15, -0.1) is 0 Å². The number of methoxy groups -OCH3 is 1. The van der Waals surface area contributed by atoms with Crippen molar-refractivity contribution in [3.8, 4) is 0 Å². The number of rotatable bonds is 8. The molecule has 18 heteroatoms. The molecule has 0 spiro atoms. The predicted octanol–water partition coefficient (Wildman–Crippen LogP) is 2.14. The SMILES string of the molecule is COC(=O)c1ccc(C)c(Nc2ncnc3ccc(N4CCOCC4)nc23)c1.Cc1ccc(C(=O)O)cc1Nc1ncnc2ccc(N3CCOCC3)nc12.[Li+].[OH-]. The molecule has 0 saturated carbocycles. The molecule has 2 aliphatic rings. The number of aryl methyl sites for hydroxylation is 2. The number of aromatic carboxylic acids is 1. The first-order valence-corrected chi connectivity index (χ1v) is 17.7. The van der Waals surface area contributed by atoms with E-state index in [0.29, 0.717) is 60.3 Å². The molecule has 0 amide bonds. The molecule has 0 bridgehead atoms. The number of fused-ring (bicyclic) bond motifs is 2. The standard InChI is InChI=1S/C20H21N5O3.C19H19N5O3.Li.H2O/c1-13-3-4-14(20(26)27-2)11-16(13)23-19-18-15(21-12-22-19)5-6-17(24-18)25-7-9-28-10-8-25;1-12-2-3-13(19(25)26)10-15(12)22-18-17-14(20-11-21-18)4-5-16(23-17)24-6-8-27-9-7-24;;/h3-6,11-12H,7-10H2,1-2H3,(H,21,22,23);2-5,10-11H,6-9H2,1H3,(H,25,26)(H,20,21,22);;1H2/q;;+1;/p-1. The first-order chi connectivity index (χ1) is 26.8. The third-order valence-corrected chi connectivity index (χ3v) is 9.25. The van der Waals surface area contributed by atoms with Gasteiger partial charge in [0.1, 0.15) is 35.3 Å². The molecule has 4 aromatic heterocycles. The maximum absolute atomic E-state index is 11.9. The number of pyridine rings is 2. The van der Waals surface area contributed by atoms with Crippen molar-refractivity contribution >= 4 is 68.7 Å². The van der Waals surface area contributed by atoms with Crippen molar-refractivity contribution < 1.29 is 53.2 Å². The van der Waals surface area contributed by atoms with Gasteiger partial charge in [-0.1, -0.05) is 12.1 Å². The molecule has 6 heterocycles. The van der Waals surface area contributed by atoms with Crippen molar-refractivity contribution in [2.45, 2.75) is 13.8 Å². The third-order valence-electron chi connectivity index (χ3n) is 9.25. The van der Waals surface area contributed by atoms with E-state index in [-0.39, 0.29) is 35.9 Å². The summed E-state index contributed by atoms with van der Waals surface area (Å²) in [5, 5.41) is 15.8.